The summed E-state index contributed by atoms with van der Waals surface area (Å²) in [5.41, 5.74) is 5.30. The van der Waals surface area contributed by atoms with Gasteiger partial charge in [-0.2, -0.15) is 0 Å². The third-order valence-electron chi connectivity index (χ3n) is 6.78. The van der Waals surface area contributed by atoms with E-state index >= 15 is 0 Å². The minimum absolute atomic E-state index is 0.0121. The molecule has 2 heterocycles. The molecule has 202 valence electrons. The van der Waals surface area contributed by atoms with Crippen molar-refractivity contribution in [2.24, 2.45) is 10.7 Å². The largest absolute Gasteiger partial charge is 0.492 e. The van der Waals surface area contributed by atoms with Crippen LogP contribution in [0.25, 0.3) is 0 Å². The molecule has 2 aromatic carbocycles. The Kier molecular flexibility index (Phi) is 8.62. The van der Waals surface area contributed by atoms with Crippen molar-refractivity contribution in [2.75, 3.05) is 65.4 Å². The van der Waals surface area contributed by atoms with E-state index < -0.39 is 23.3 Å². The normalized spacial score (nSPS) is 20.0. The van der Waals surface area contributed by atoms with Crippen LogP contribution in [-0.2, 0) is 15.1 Å². The van der Waals surface area contributed by atoms with Gasteiger partial charge in [0.2, 0.25) is 5.91 Å². The van der Waals surface area contributed by atoms with Crippen LogP contribution < -0.4 is 26.4 Å². The summed E-state index contributed by atoms with van der Waals surface area (Å²) in [6.07, 6.45) is 0. The van der Waals surface area contributed by atoms with Crippen molar-refractivity contribution in [2.45, 2.75) is 5.54 Å². The number of nitrogens with one attached hydrogen (secondary N) is 3. The highest BCUT2D eigenvalue weighted by atomic mass is 35.5. The summed E-state index contributed by atoms with van der Waals surface area (Å²) in [5, 5.41) is 8.46. The van der Waals surface area contributed by atoms with E-state index in [2.05, 4.69) is 37.8 Å². The van der Waals surface area contributed by atoms with Gasteiger partial charge in [-0.1, -0.05) is 23.7 Å². The summed E-state index contributed by atoms with van der Waals surface area (Å²) in [6, 6.07) is 11.4. The number of piperazine rings is 1. The standard InChI is InChI=1S/C26H32ClN7O4/c1-29-24(36)22-26(25(28)37,31-16-30-22)17-3-5-18(6-4-17)32-23(35)20-8-7-19(15-21(20)27)38-14-13-34-11-9-33(2)10-12-34/h3-8,15,31H,9-14,16H2,1-2H3,(H2,28,37)(H,29,36)(H,32,35). The Hall–Kier alpha value is -3.51. The van der Waals surface area contributed by atoms with Gasteiger partial charge in [0.25, 0.3) is 11.8 Å². The third kappa shape index (κ3) is 5.81. The first-order chi connectivity index (χ1) is 18.2. The second-order valence-electron chi connectivity index (χ2n) is 9.20. The maximum atomic E-state index is 12.9. The molecule has 0 aromatic heterocycles. The maximum absolute atomic E-state index is 12.9. The molecule has 1 fully saturated rings. The van der Waals surface area contributed by atoms with Gasteiger partial charge in [0, 0.05) is 45.5 Å². The van der Waals surface area contributed by atoms with E-state index in [4.69, 9.17) is 22.1 Å². The molecule has 3 amide bonds. The predicted octanol–water partition coefficient (Wildman–Crippen LogP) is 0.647. The maximum Gasteiger partial charge on any atom is 0.267 e. The van der Waals surface area contributed by atoms with Crippen molar-refractivity contribution < 1.29 is 19.1 Å². The molecule has 0 aliphatic carbocycles. The topological polar surface area (TPSA) is 141 Å². The zero-order valence-corrected chi connectivity index (χ0v) is 22.2. The monoisotopic (exact) mass is 541 g/mol. The number of halogens is 1. The fourth-order valence-corrected chi connectivity index (χ4v) is 4.78. The lowest BCUT2D eigenvalue weighted by Gasteiger charge is -2.32. The molecule has 1 saturated heterocycles. The average molecular weight is 542 g/mol. The first kappa shape index (κ1) is 27.5. The summed E-state index contributed by atoms with van der Waals surface area (Å²) in [5.74, 6) is -1.07. The number of ether oxygens (including phenoxy) is 1. The molecule has 0 spiro atoms. The van der Waals surface area contributed by atoms with E-state index in [-0.39, 0.29) is 17.4 Å². The van der Waals surface area contributed by atoms with Crippen molar-refractivity contribution in [1.29, 1.82) is 0 Å². The number of carbonyl (C=O) groups excluding carboxylic acids is 3. The van der Waals surface area contributed by atoms with Crippen molar-refractivity contribution in [3.63, 3.8) is 0 Å². The van der Waals surface area contributed by atoms with E-state index in [0.717, 1.165) is 32.7 Å². The second-order valence-corrected chi connectivity index (χ2v) is 9.61. The van der Waals surface area contributed by atoms with Crippen LogP contribution in [0, 0.1) is 0 Å². The number of primary amides is 1. The molecule has 0 radical (unpaired) electrons. The van der Waals surface area contributed by atoms with E-state index in [0.29, 0.717) is 29.2 Å². The number of nitrogens with two attached hydrogens (primary N) is 1. The zero-order valence-electron chi connectivity index (χ0n) is 21.4. The fraction of sp³-hybridized carbons (Fsp3) is 0.385. The van der Waals surface area contributed by atoms with Crippen LogP contribution in [-0.4, -0.2) is 93.3 Å². The highest BCUT2D eigenvalue weighted by Gasteiger charge is 2.49. The molecule has 5 N–H and O–H groups in total. The Labute approximate surface area is 226 Å². The van der Waals surface area contributed by atoms with Gasteiger partial charge in [0.15, 0.2) is 5.54 Å². The molecule has 2 aromatic rings. The number of hydrogen-bond donors (Lipinski definition) is 4. The van der Waals surface area contributed by atoms with Gasteiger partial charge in [-0.15, -0.1) is 0 Å². The van der Waals surface area contributed by atoms with Crippen molar-refractivity contribution in [3.8, 4) is 5.75 Å². The summed E-state index contributed by atoms with van der Waals surface area (Å²) >= 11 is 6.39. The number of anilines is 1. The molecule has 12 heteroatoms. The van der Waals surface area contributed by atoms with Crippen LogP contribution in [0.4, 0.5) is 5.69 Å². The number of benzene rings is 2. The number of hydrogen-bond acceptors (Lipinski definition) is 8. The third-order valence-corrected chi connectivity index (χ3v) is 7.09. The Morgan fingerprint density at radius 3 is 2.45 bits per heavy atom. The van der Waals surface area contributed by atoms with Crippen LogP contribution >= 0.6 is 11.6 Å². The van der Waals surface area contributed by atoms with Crippen molar-refractivity contribution in [1.82, 2.24) is 20.4 Å². The number of aliphatic imine (C=N–C) groups is 1. The van der Waals surface area contributed by atoms with E-state index in [9.17, 15) is 14.4 Å². The van der Waals surface area contributed by atoms with Crippen LogP contribution in [0.15, 0.2) is 47.5 Å². The van der Waals surface area contributed by atoms with Gasteiger partial charge in [-0.05, 0) is 42.9 Å². The molecule has 0 bridgehead atoms. The fourth-order valence-electron chi connectivity index (χ4n) is 4.52. The molecule has 2 aliphatic heterocycles. The lowest BCUT2D eigenvalue weighted by molar-refractivity contribution is -0.123. The van der Waals surface area contributed by atoms with Crippen molar-refractivity contribution >= 4 is 40.7 Å². The first-order valence-electron chi connectivity index (χ1n) is 12.3. The molecule has 0 saturated carbocycles. The number of carbonyl (C=O) groups is 3. The summed E-state index contributed by atoms with van der Waals surface area (Å²) < 4.78 is 5.84. The average Bonchev–Trinajstić information content (AvgIpc) is 3.36. The van der Waals surface area contributed by atoms with E-state index in [1.54, 1.807) is 42.5 Å². The van der Waals surface area contributed by atoms with Gasteiger partial charge in [0.05, 0.1) is 17.3 Å². The molecule has 2 aliphatic rings. The lowest BCUT2D eigenvalue weighted by Crippen LogP contribution is -2.58. The second kappa shape index (κ2) is 11.9. The minimum Gasteiger partial charge on any atom is -0.492 e. The number of likely N-dealkylation sites (N-methyl/N-ethyl adjacent to an activating group) is 1. The molecule has 11 nitrogen and oxygen atoms in total. The van der Waals surface area contributed by atoms with Crippen LogP contribution in [0.5, 0.6) is 5.75 Å². The smallest absolute Gasteiger partial charge is 0.267 e. The summed E-state index contributed by atoms with van der Waals surface area (Å²) in [7, 11) is 3.57. The lowest BCUT2D eigenvalue weighted by atomic mass is 9.84. The van der Waals surface area contributed by atoms with Gasteiger partial charge in [-0.25, -0.2) is 0 Å². The predicted molar refractivity (Wildman–Crippen MR) is 146 cm³/mol. The summed E-state index contributed by atoms with van der Waals surface area (Å²) in [4.78, 5) is 46.4. The minimum atomic E-state index is -1.56. The number of nitrogens with zero attached hydrogens (tertiary/aromatic N) is 3. The van der Waals surface area contributed by atoms with Crippen LogP contribution in [0.1, 0.15) is 15.9 Å². The Bertz CT molecular complexity index is 1230. The van der Waals surface area contributed by atoms with E-state index in [1.807, 2.05) is 0 Å². The first-order valence-corrected chi connectivity index (χ1v) is 12.7. The van der Waals surface area contributed by atoms with E-state index in [1.165, 1.54) is 7.05 Å². The van der Waals surface area contributed by atoms with Crippen molar-refractivity contribution in [3.05, 3.63) is 58.6 Å². The molecular formula is C26H32ClN7O4. The summed E-state index contributed by atoms with van der Waals surface area (Å²) in [6.45, 7) is 5.56. The molecule has 38 heavy (non-hydrogen) atoms. The molecule has 4 rings (SSSR count). The SMILES string of the molecule is CNC(=O)C1=NCNC1(C(N)=O)c1ccc(NC(=O)c2ccc(OCCN3CCN(C)CC3)cc2Cl)cc1. The Morgan fingerprint density at radius 2 is 1.82 bits per heavy atom. The Morgan fingerprint density at radius 1 is 1.11 bits per heavy atom. The number of amides is 3. The highest BCUT2D eigenvalue weighted by molar-refractivity contribution is 6.47. The van der Waals surface area contributed by atoms with Crippen LogP contribution in [0.3, 0.4) is 0 Å². The Balaban J connectivity index is 1.38. The quantitative estimate of drug-likeness (QED) is 0.365. The highest BCUT2D eigenvalue weighted by Crippen LogP contribution is 2.29. The van der Waals surface area contributed by atoms with Gasteiger partial charge < -0.3 is 26.0 Å². The van der Waals surface area contributed by atoms with Gasteiger partial charge in [0.1, 0.15) is 18.1 Å². The zero-order chi connectivity index (χ0) is 27.3. The van der Waals surface area contributed by atoms with Crippen LogP contribution in [0.2, 0.25) is 5.02 Å². The molecule has 1 unspecified atom stereocenters. The molecular weight excluding hydrogens is 510 g/mol. The number of rotatable bonds is 9. The van der Waals surface area contributed by atoms with Gasteiger partial charge >= 0.3 is 0 Å². The van der Waals surface area contributed by atoms with Gasteiger partial charge in [-0.3, -0.25) is 29.6 Å². The molecule has 1 atom stereocenters.